The molecule has 0 radical (unpaired) electrons. The van der Waals surface area contributed by atoms with E-state index in [4.69, 9.17) is 9.47 Å². The predicted octanol–water partition coefficient (Wildman–Crippen LogP) is 2.67. The van der Waals surface area contributed by atoms with E-state index in [1.807, 2.05) is 19.1 Å². The normalized spacial score (nSPS) is 16.4. The lowest BCUT2D eigenvalue weighted by atomic mass is 10.2. The Labute approximate surface area is 162 Å². The van der Waals surface area contributed by atoms with Crippen LogP contribution in [0, 0.1) is 6.92 Å². The van der Waals surface area contributed by atoms with Gasteiger partial charge >= 0.3 is 5.97 Å². The summed E-state index contributed by atoms with van der Waals surface area (Å²) in [6.07, 6.45) is 0.575. The monoisotopic (exact) mass is 398 g/mol. The number of carbonyl (C=O) groups is 1. The number of hydrogen-bond acceptors (Lipinski definition) is 6. The van der Waals surface area contributed by atoms with Crippen LogP contribution in [0.4, 0.5) is 5.69 Å². The molecule has 2 heterocycles. The van der Waals surface area contributed by atoms with Crippen LogP contribution < -0.4 is 9.04 Å². The van der Waals surface area contributed by atoms with Crippen molar-refractivity contribution in [1.29, 1.82) is 0 Å². The van der Waals surface area contributed by atoms with Gasteiger partial charge in [0.25, 0.3) is 10.0 Å². The van der Waals surface area contributed by atoms with Gasteiger partial charge in [-0.2, -0.15) is 0 Å². The highest BCUT2D eigenvalue weighted by Gasteiger charge is 2.38. The van der Waals surface area contributed by atoms with Gasteiger partial charge in [0.15, 0.2) is 0 Å². The first-order valence-electron chi connectivity index (χ1n) is 8.63. The molecule has 0 bridgehead atoms. The molecule has 7 nitrogen and oxygen atoms in total. The fraction of sp³-hybridized carbons (Fsp3) is 0.200. The van der Waals surface area contributed by atoms with Crippen LogP contribution in [0.1, 0.15) is 5.56 Å². The molecule has 0 fully saturated rings. The van der Waals surface area contributed by atoms with Crippen LogP contribution in [0.3, 0.4) is 0 Å². The van der Waals surface area contributed by atoms with Gasteiger partial charge in [-0.1, -0.05) is 24.3 Å². The zero-order valence-electron chi connectivity index (χ0n) is 15.3. The van der Waals surface area contributed by atoms with Crippen molar-refractivity contribution in [3.05, 3.63) is 60.3 Å². The molecule has 0 unspecified atom stereocenters. The van der Waals surface area contributed by atoms with Crippen LogP contribution in [-0.2, 0) is 19.6 Å². The second-order valence-electron chi connectivity index (χ2n) is 6.47. The Balaban J connectivity index is 1.88. The highest BCUT2D eigenvalue weighted by Crippen LogP contribution is 2.38. The maximum atomic E-state index is 13.6. The van der Waals surface area contributed by atoms with Crippen molar-refractivity contribution < 1.29 is 22.7 Å². The van der Waals surface area contributed by atoms with E-state index in [1.54, 1.807) is 36.5 Å². The number of para-hydroxylation sites is 3. The number of ether oxygens (including phenoxy) is 2. The van der Waals surface area contributed by atoms with Crippen LogP contribution in [-0.4, -0.2) is 39.1 Å². The molecule has 1 aliphatic rings. The summed E-state index contributed by atoms with van der Waals surface area (Å²) in [7, 11) is -2.77. The van der Waals surface area contributed by atoms with Crippen molar-refractivity contribution in [2.75, 3.05) is 18.0 Å². The third-order valence-corrected chi connectivity index (χ3v) is 6.39. The molecule has 1 aliphatic heterocycles. The summed E-state index contributed by atoms with van der Waals surface area (Å²) >= 11 is 0. The molecule has 3 aromatic rings. The first-order valence-corrected chi connectivity index (χ1v) is 10.1. The van der Waals surface area contributed by atoms with Gasteiger partial charge in [-0.3, -0.25) is 9.29 Å². The molecular formula is C20H18N2O5S. The van der Waals surface area contributed by atoms with Crippen LogP contribution >= 0.6 is 0 Å². The Hall–Kier alpha value is -3.13. The third-order valence-electron chi connectivity index (χ3n) is 4.58. The van der Waals surface area contributed by atoms with Gasteiger partial charge in [0.1, 0.15) is 10.6 Å². The van der Waals surface area contributed by atoms with E-state index in [1.165, 1.54) is 17.5 Å². The summed E-state index contributed by atoms with van der Waals surface area (Å²) in [5, 5.41) is 0.729. The summed E-state index contributed by atoms with van der Waals surface area (Å²) in [4.78, 5) is 16.5. The van der Waals surface area contributed by atoms with Crippen molar-refractivity contribution in [1.82, 2.24) is 4.98 Å². The molecule has 0 amide bonds. The Morgan fingerprint density at radius 2 is 2.00 bits per heavy atom. The lowest BCUT2D eigenvalue weighted by Gasteiger charge is -2.34. The van der Waals surface area contributed by atoms with E-state index >= 15 is 0 Å². The van der Waals surface area contributed by atoms with Gasteiger partial charge in [-0.15, -0.1) is 0 Å². The third kappa shape index (κ3) is 2.95. The average molecular weight is 398 g/mol. The van der Waals surface area contributed by atoms with Crippen molar-refractivity contribution in [3.8, 4) is 5.75 Å². The number of pyridine rings is 1. The maximum Gasteiger partial charge on any atom is 0.348 e. The summed E-state index contributed by atoms with van der Waals surface area (Å²) < 4.78 is 38.8. The zero-order valence-corrected chi connectivity index (χ0v) is 16.1. The number of nitrogens with zero attached hydrogens (tertiary/aromatic N) is 2. The summed E-state index contributed by atoms with van der Waals surface area (Å²) in [5.41, 5.74) is 1.68. The molecule has 0 aliphatic carbocycles. The summed E-state index contributed by atoms with van der Waals surface area (Å²) in [6, 6.07) is 13.6. The zero-order chi connectivity index (χ0) is 19.9. The lowest BCUT2D eigenvalue weighted by Crippen LogP contribution is -2.47. The molecule has 0 N–H and O–H groups in total. The van der Waals surface area contributed by atoms with Crippen LogP contribution in [0.25, 0.3) is 10.9 Å². The number of aryl methyl sites for hydroxylation is 1. The van der Waals surface area contributed by atoms with E-state index < -0.39 is 22.1 Å². The number of carbonyl (C=O) groups excluding carboxylic acids is 1. The molecule has 1 atom stereocenters. The van der Waals surface area contributed by atoms with Crippen LogP contribution in [0.2, 0.25) is 0 Å². The minimum absolute atomic E-state index is 0.0744. The number of rotatable bonds is 3. The minimum atomic E-state index is -4.01. The molecule has 144 valence electrons. The van der Waals surface area contributed by atoms with Crippen molar-refractivity contribution in [2.24, 2.45) is 0 Å². The Kier molecular flexibility index (Phi) is 4.43. The predicted molar refractivity (Wildman–Crippen MR) is 104 cm³/mol. The maximum absolute atomic E-state index is 13.6. The SMILES string of the molecule is COC(=O)[C@@H]1CN(S(=O)(=O)c2cccc3cc(C)cnc23)c2ccccc2O1. The second-order valence-corrected chi connectivity index (χ2v) is 8.30. The second kappa shape index (κ2) is 6.79. The number of benzene rings is 2. The smallest absolute Gasteiger partial charge is 0.348 e. The molecule has 8 heteroatoms. The first-order chi connectivity index (χ1) is 13.4. The van der Waals surface area contributed by atoms with E-state index in [0.29, 0.717) is 17.0 Å². The van der Waals surface area contributed by atoms with Gasteiger partial charge in [0, 0.05) is 11.6 Å². The van der Waals surface area contributed by atoms with Gasteiger partial charge < -0.3 is 9.47 Å². The fourth-order valence-corrected chi connectivity index (χ4v) is 4.90. The Morgan fingerprint density at radius 3 is 2.79 bits per heavy atom. The van der Waals surface area contributed by atoms with Crippen molar-refractivity contribution in [2.45, 2.75) is 17.9 Å². The molecule has 2 aromatic carbocycles. The molecule has 0 spiro atoms. The average Bonchev–Trinajstić information content (AvgIpc) is 2.71. The molecule has 28 heavy (non-hydrogen) atoms. The van der Waals surface area contributed by atoms with E-state index in [2.05, 4.69) is 4.98 Å². The van der Waals surface area contributed by atoms with E-state index in [-0.39, 0.29) is 11.4 Å². The molecule has 0 saturated carbocycles. The van der Waals surface area contributed by atoms with Crippen molar-refractivity contribution >= 4 is 32.6 Å². The highest BCUT2D eigenvalue weighted by atomic mass is 32.2. The first kappa shape index (κ1) is 18.2. The van der Waals surface area contributed by atoms with Crippen LogP contribution in [0.5, 0.6) is 5.75 Å². The highest BCUT2D eigenvalue weighted by molar-refractivity contribution is 7.93. The number of fused-ring (bicyclic) bond motifs is 2. The quantitative estimate of drug-likeness (QED) is 0.631. The number of sulfonamides is 1. The van der Waals surface area contributed by atoms with Gasteiger partial charge in [0.05, 0.1) is 24.9 Å². The number of esters is 1. The van der Waals surface area contributed by atoms with Gasteiger partial charge in [-0.05, 0) is 36.8 Å². The number of aromatic nitrogens is 1. The van der Waals surface area contributed by atoms with E-state index in [9.17, 15) is 13.2 Å². The molecular weight excluding hydrogens is 380 g/mol. The topological polar surface area (TPSA) is 85.8 Å². The fourth-order valence-electron chi connectivity index (χ4n) is 3.25. The molecule has 0 saturated heterocycles. The lowest BCUT2D eigenvalue weighted by molar-refractivity contribution is -0.148. The summed E-state index contributed by atoms with van der Waals surface area (Å²) in [5.74, 6) is -0.335. The van der Waals surface area contributed by atoms with E-state index in [0.717, 1.165) is 10.9 Å². The Morgan fingerprint density at radius 1 is 1.21 bits per heavy atom. The summed E-state index contributed by atoms with van der Waals surface area (Å²) in [6.45, 7) is 1.71. The standard InChI is InChI=1S/C20H18N2O5S/c1-13-10-14-6-5-9-18(19(14)21-11-13)28(24,25)22-12-17(20(23)26-2)27-16-8-4-3-7-15(16)22/h3-11,17H,12H2,1-2H3/t17-/m0/s1. The molecule has 1 aromatic heterocycles. The largest absolute Gasteiger partial charge is 0.475 e. The number of hydrogen-bond donors (Lipinski definition) is 0. The van der Waals surface area contributed by atoms with Crippen LogP contribution in [0.15, 0.2) is 59.6 Å². The van der Waals surface area contributed by atoms with Gasteiger partial charge in [0.2, 0.25) is 6.10 Å². The molecule has 4 rings (SSSR count). The number of anilines is 1. The Bertz CT molecular complexity index is 1180. The minimum Gasteiger partial charge on any atom is -0.475 e. The van der Waals surface area contributed by atoms with Gasteiger partial charge in [-0.25, -0.2) is 13.2 Å². The van der Waals surface area contributed by atoms with Crippen molar-refractivity contribution in [3.63, 3.8) is 0 Å². The number of methoxy groups -OCH3 is 1.